The van der Waals surface area contributed by atoms with Crippen molar-refractivity contribution in [2.45, 2.75) is 59.0 Å². The number of nitrogens with one attached hydrogen (secondary N) is 1. The fourth-order valence-electron chi connectivity index (χ4n) is 3.84. The molecule has 2 aromatic rings. The van der Waals surface area contributed by atoms with Crippen molar-refractivity contribution in [3.8, 4) is 5.75 Å². The molecule has 0 aliphatic rings. The number of rotatable bonds is 12. The molecular formula is C27H39N3O5S. The van der Waals surface area contributed by atoms with Gasteiger partial charge in [-0.2, -0.15) is 0 Å². The van der Waals surface area contributed by atoms with Crippen LogP contribution in [0.2, 0.25) is 0 Å². The minimum atomic E-state index is -3.78. The van der Waals surface area contributed by atoms with Crippen molar-refractivity contribution in [3.05, 3.63) is 60.2 Å². The summed E-state index contributed by atoms with van der Waals surface area (Å²) >= 11 is 0. The van der Waals surface area contributed by atoms with E-state index in [9.17, 15) is 18.0 Å². The second-order valence-electron chi connectivity index (χ2n) is 9.68. The summed E-state index contributed by atoms with van der Waals surface area (Å²) in [6.07, 6.45) is 1.99. The Balaban J connectivity index is 2.36. The van der Waals surface area contributed by atoms with Crippen LogP contribution in [0.25, 0.3) is 0 Å². The minimum Gasteiger partial charge on any atom is -0.494 e. The maximum Gasteiger partial charge on any atom is 0.244 e. The molecule has 198 valence electrons. The van der Waals surface area contributed by atoms with Crippen LogP contribution in [0.1, 0.15) is 46.6 Å². The molecule has 0 aromatic heterocycles. The number of amides is 2. The number of hydrogen-bond donors (Lipinski definition) is 1. The SMILES string of the molecule is CCOc1ccc(N(CC(=O)N(CCc2ccccc2)[C@H](CC)C(=O)NC(C)(C)C)S(C)(=O)=O)cc1. The van der Waals surface area contributed by atoms with E-state index in [1.165, 1.54) is 4.90 Å². The molecule has 0 saturated carbocycles. The number of sulfonamides is 1. The molecule has 2 amide bonds. The summed E-state index contributed by atoms with van der Waals surface area (Å²) in [4.78, 5) is 28.3. The zero-order valence-electron chi connectivity index (χ0n) is 22.2. The van der Waals surface area contributed by atoms with Gasteiger partial charge in [-0.15, -0.1) is 0 Å². The Morgan fingerprint density at radius 3 is 2.11 bits per heavy atom. The summed E-state index contributed by atoms with van der Waals surface area (Å²) in [5, 5.41) is 2.96. The number of anilines is 1. The predicted molar refractivity (Wildman–Crippen MR) is 144 cm³/mol. The number of benzene rings is 2. The first kappa shape index (κ1) is 29.2. The normalized spacial score (nSPS) is 12.5. The van der Waals surface area contributed by atoms with Gasteiger partial charge in [-0.25, -0.2) is 8.42 Å². The number of ether oxygens (including phenoxy) is 1. The van der Waals surface area contributed by atoms with Gasteiger partial charge in [0.05, 0.1) is 18.6 Å². The molecule has 2 rings (SSSR count). The standard InChI is InChI=1S/C27H39N3O5S/c1-7-24(26(32)28-27(3,4)5)29(19-18-21-12-10-9-11-13-21)25(31)20-30(36(6,33)34)22-14-16-23(17-15-22)35-8-2/h9-17,24H,7-8,18-20H2,1-6H3,(H,28,32)/t24-/m1/s1. The summed E-state index contributed by atoms with van der Waals surface area (Å²) < 4.78 is 31.9. The summed E-state index contributed by atoms with van der Waals surface area (Å²) in [5.41, 5.74) is 0.900. The summed E-state index contributed by atoms with van der Waals surface area (Å²) in [5.74, 6) is -0.102. The fourth-order valence-corrected chi connectivity index (χ4v) is 4.69. The molecule has 8 nitrogen and oxygen atoms in total. The average molecular weight is 518 g/mol. The van der Waals surface area contributed by atoms with E-state index in [1.807, 2.05) is 65.0 Å². The van der Waals surface area contributed by atoms with Gasteiger partial charge in [0.25, 0.3) is 0 Å². The van der Waals surface area contributed by atoms with Crippen molar-refractivity contribution < 1.29 is 22.7 Å². The molecule has 0 aliphatic carbocycles. The lowest BCUT2D eigenvalue weighted by Gasteiger charge is -2.34. The molecule has 1 atom stereocenters. The van der Waals surface area contributed by atoms with Gasteiger partial charge < -0.3 is 15.0 Å². The molecule has 0 spiro atoms. The van der Waals surface area contributed by atoms with Crippen molar-refractivity contribution in [2.24, 2.45) is 0 Å². The Hall–Kier alpha value is -3.07. The summed E-state index contributed by atoms with van der Waals surface area (Å²) in [7, 11) is -3.78. The monoisotopic (exact) mass is 517 g/mol. The van der Waals surface area contributed by atoms with Crippen LogP contribution >= 0.6 is 0 Å². The van der Waals surface area contributed by atoms with Gasteiger partial charge in [-0.1, -0.05) is 37.3 Å². The lowest BCUT2D eigenvalue weighted by molar-refractivity contribution is -0.140. The number of carbonyl (C=O) groups excluding carboxylic acids is 2. The zero-order chi connectivity index (χ0) is 26.9. The molecule has 9 heteroatoms. The molecule has 0 aliphatic heterocycles. The average Bonchev–Trinajstić information content (AvgIpc) is 2.79. The summed E-state index contributed by atoms with van der Waals surface area (Å²) in [6.45, 7) is 9.69. The van der Waals surface area contributed by atoms with Gasteiger partial charge in [-0.3, -0.25) is 13.9 Å². The van der Waals surface area contributed by atoms with Crippen LogP contribution in [0.3, 0.4) is 0 Å². The van der Waals surface area contributed by atoms with Crippen molar-refractivity contribution in [1.82, 2.24) is 10.2 Å². The molecule has 0 radical (unpaired) electrons. The third-order valence-corrected chi connectivity index (χ3v) is 6.62. The molecular weight excluding hydrogens is 478 g/mol. The third-order valence-electron chi connectivity index (χ3n) is 5.48. The van der Waals surface area contributed by atoms with E-state index in [-0.39, 0.29) is 12.5 Å². The molecule has 0 heterocycles. The second-order valence-corrected chi connectivity index (χ2v) is 11.6. The minimum absolute atomic E-state index is 0.265. The van der Waals surface area contributed by atoms with Gasteiger partial charge >= 0.3 is 0 Å². The maximum absolute atomic E-state index is 13.6. The lowest BCUT2D eigenvalue weighted by Crippen LogP contribution is -2.56. The Kier molecular flexibility index (Phi) is 10.3. The highest BCUT2D eigenvalue weighted by molar-refractivity contribution is 7.92. The molecule has 0 saturated heterocycles. The first-order valence-corrected chi connectivity index (χ1v) is 14.1. The van der Waals surface area contributed by atoms with Crippen LogP contribution in [-0.2, 0) is 26.0 Å². The Morgan fingerprint density at radius 1 is 1.00 bits per heavy atom. The van der Waals surface area contributed by atoms with E-state index in [4.69, 9.17) is 4.74 Å². The first-order chi connectivity index (χ1) is 16.9. The highest BCUT2D eigenvalue weighted by atomic mass is 32.2. The smallest absolute Gasteiger partial charge is 0.244 e. The molecule has 1 N–H and O–H groups in total. The fraction of sp³-hybridized carbons (Fsp3) is 0.481. The zero-order valence-corrected chi connectivity index (χ0v) is 23.0. The van der Waals surface area contributed by atoms with E-state index in [1.54, 1.807) is 24.3 Å². The second kappa shape index (κ2) is 12.8. The van der Waals surface area contributed by atoms with E-state index < -0.39 is 34.1 Å². The number of carbonyl (C=O) groups is 2. The molecule has 0 unspecified atom stereocenters. The van der Waals surface area contributed by atoms with E-state index >= 15 is 0 Å². The van der Waals surface area contributed by atoms with E-state index in [2.05, 4.69) is 5.32 Å². The third kappa shape index (κ3) is 8.86. The van der Waals surface area contributed by atoms with Crippen LogP contribution in [0.15, 0.2) is 54.6 Å². The van der Waals surface area contributed by atoms with Gasteiger partial charge in [0.15, 0.2) is 0 Å². The van der Waals surface area contributed by atoms with Crippen LogP contribution in [0, 0.1) is 0 Å². The Morgan fingerprint density at radius 2 is 1.61 bits per heavy atom. The van der Waals surface area contributed by atoms with Gasteiger partial charge in [0.1, 0.15) is 18.3 Å². The van der Waals surface area contributed by atoms with Crippen LogP contribution < -0.4 is 14.4 Å². The van der Waals surface area contributed by atoms with Gasteiger partial charge in [0.2, 0.25) is 21.8 Å². The maximum atomic E-state index is 13.6. The Labute approximate surface area is 215 Å². The van der Waals surface area contributed by atoms with Crippen molar-refractivity contribution in [2.75, 3.05) is 30.3 Å². The quantitative estimate of drug-likeness (QED) is 0.464. The molecule has 0 fully saturated rings. The van der Waals surface area contributed by atoms with Gasteiger partial charge in [0, 0.05) is 12.1 Å². The van der Waals surface area contributed by atoms with Crippen molar-refractivity contribution >= 4 is 27.5 Å². The van der Waals surface area contributed by atoms with E-state index in [0.29, 0.717) is 30.9 Å². The van der Waals surface area contributed by atoms with E-state index in [0.717, 1.165) is 16.1 Å². The summed E-state index contributed by atoms with van der Waals surface area (Å²) in [6, 6.07) is 15.5. The highest BCUT2D eigenvalue weighted by Gasteiger charge is 2.32. The molecule has 36 heavy (non-hydrogen) atoms. The predicted octanol–water partition coefficient (Wildman–Crippen LogP) is 3.62. The molecule has 0 bridgehead atoms. The highest BCUT2D eigenvalue weighted by Crippen LogP contribution is 2.22. The van der Waals surface area contributed by atoms with Crippen LogP contribution in [0.5, 0.6) is 5.75 Å². The Bertz CT molecular complexity index is 1100. The number of nitrogens with zero attached hydrogens (tertiary/aromatic N) is 2. The number of hydrogen-bond acceptors (Lipinski definition) is 5. The first-order valence-electron chi connectivity index (χ1n) is 12.2. The lowest BCUT2D eigenvalue weighted by atomic mass is 10.1. The van der Waals surface area contributed by atoms with Crippen LogP contribution in [0.4, 0.5) is 5.69 Å². The van der Waals surface area contributed by atoms with Crippen molar-refractivity contribution in [1.29, 1.82) is 0 Å². The van der Waals surface area contributed by atoms with Gasteiger partial charge in [-0.05, 0) is 70.4 Å². The largest absolute Gasteiger partial charge is 0.494 e. The molecule has 2 aromatic carbocycles. The van der Waals surface area contributed by atoms with Crippen molar-refractivity contribution in [3.63, 3.8) is 0 Å². The van der Waals surface area contributed by atoms with Crippen LogP contribution in [-0.4, -0.2) is 62.7 Å². The topological polar surface area (TPSA) is 96.0 Å².